The minimum absolute atomic E-state index is 0.177. The minimum atomic E-state index is -1.29. The van der Waals surface area contributed by atoms with Crippen molar-refractivity contribution in [3.8, 4) is 17.1 Å². The van der Waals surface area contributed by atoms with Gasteiger partial charge in [0.05, 0.1) is 12.8 Å². The lowest BCUT2D eigenvalue weighted by molar-refractivity contribution is 0.0693. The summed E-state index contributed by atoms with van der Waals surface area (Å²) in [6.45, 7) is 3.39. The van der Waals surface area contributed by atoms with Crippen LogP contribution in [0, 0.1) is 13.8 Å². The first kappa shape index (κ1) is 13.8. The van der Waals surface area contributed by atoms with Crippen LogP contribution < -0.4 is 10.3 Å². The Bertz CT molecular complexity index is 734. The summed E-state index contributed by atoms with van der Waals surface area (Å²) in [4.78, 5) is 29.4. The first-order valence-electron chi connectivity index (χ1n) is 5.93. The summed E-state index contributed by atoms with van der Waals surface area (Å²) in [5.41, 5.74) is 0.783. The van der Waals surface area contributed by atoms with Gasteiger partial charge in [-0.05, 0) is 25.5 Å². The van der Waals surface area contributed by atoms with Crippen LogP contribution in [0.25, 0.3) is 11.4 Å². The van der Waals surface area contributed by atoms with E-state index in [-0.39, 0.29) is 11.3 Å². The zero-order valence-electron chi connectivity index (χ0n) is 11.4. The number of benzene rings is 1. The van der Waals surface area contributed by atoms with E-state index in [1.54, 1.807) is 19.2 Å². The van der Waals surface area contributed by atoms with Crippen LogP contribution in [0.15, 0.2) is 23.0 Å². The van der Waals surface area contributed by atoms with Crippen LogP contribution in [-0.4, -0.2) is 28.2 Å². The molecule has 0 saturated heterocycles. The third-order valence-corrected chi connectivity index (χ3v) is 3.00. The standard InChI is InChI=1S/C14H14N2O4/c1-7-4-5-9(6-10(7)20-3)12-15-8(2)11(14(18)19)13(17)16-12/h4-6H,1-3H3,(H,18,19)(H,15,16,17). The van der Waals surface area contributed by atoms with E-state index in [1.807, 2.05) is 13.0 Å². The van der Waals surface area contributed by atoms with E-state index < -0.39 is 11.5 Å². The monoisotopic (exact) mass is 274 g/mol. The van der Waals surface area contributed by atoms with Gasteiger partial charge in [0.2, 0.25) is 0 Å². The van der Waals surface area contributed by atoms with Crippen LogP contribution in [0.1, 0.15) is 21.6 Å². The number of nitrogens with zero attached hydrogens (tertiary/aromatic N) is 1. The maximum Gasteiger partial charge on any atom is 0.343 e. The van der Waals surface area contributed by atoms with Gasteiger partial charge in [0.25, 0.3) is 5.56 Å². The van der Waals surface area contributed by atoms with Gasteiger partial charge in [-0.15, -0.1) is 0 Å². The van der Waals surface area contributed by atoms with Crippen molar-refractivity contribution in [1.82, 2.24) is 9.97 Å². The lowest BCUT2D eigenvalue weighted by Crippen LogP contribution is -2.21. The molecule has 2 N–H and O–H groups in total. The number of hydrogen-bond acceptors (Lipinski definition) is 4. The average Bonchev–Trinajstić information content (AvgIpc) is 2.37. The second kappa shape index (κ2) is 5.16. The Kier molecular flexibility index (Phi) is 3.56. The number of carboxylic acid groups (broad SMARTS) is 1. The van der Waals surface area contributed by atoms with Gasteiger partial charge >= 0.3 is 5.97 Å². The molecule has 0 fully saturated rings. The van der Waals surface area contributed by atoms with E-state index in [1.165, 1.54) is 6.92 Å². The second-order valence-corrected chi connectivity index (χ2v) is 4.36. The number of carbonyl (C=O) groups is 1. The van der Waals surface area contributed by atoms with Crippen molar-refractivity contribution in [1.29, 1.82) is 0 Å². The van der Waals surface area contributed by atoms with Gasteiger partial charge in [0.15, 0.2) is 0 Å². The van der Waals surface area contributed by atoms with Crippen molar-refractivity contribution in [2.45, 2.75) is 13.8 Å². The molecular formula is C14H14N2O4. The molecule has 0 bridgehead atoms. The molecule has 0 radical (unpaired) electrons. The highest BCUT2D eigenvalue weighted by Crippen LogP contribution is 2.24. The van der Waals surface area contributed by atoms with Crippen molar-refractivity contribution >= 4 is 5.97 Å². The number of aryl methyl sites for hydroxylation is 2. The summed E-state index contributed by atoms with van der Waals surface area (Å²) in [6.07, 6.45) is 0. The molecule has 2 rings (SSSR count). The van der Waals surface area contributed by atoms with Crippen LogP contribution in [0.3, 0.4) is 0 Å². The first-order valence-corrected chi connectivity index (χ1v) is 5.93. The molecule has 2 aromatic rings. The highest BCUT2D eigenvalue weighted by atomic mass is 16.5. The molecule has 0 aliphatic rings. The Hall–Kier alpha value is -2.63. The van der Waals surface area contributed by atoms with Crippen molar-refractivity contribution in [2.24, 2.45) is 0 Å². The fraction of sp³-hybridized carbons (Fsp3) is 0.214. The number of ether oxygens (including phenoxy) is 1. The van der Waals surface area contributed by atoms with E-state index in [0.717, 1.165) is 5.56 Å². The van der Waals surface area contributed by atoms with Gasteiger partial charge in [-0.1, -0.05) is 12.1 Å². The zero-order valence-corrected chi connectivity index (χ0v) is 11.4. The van der Waals surface area contributed by atoms with Gasteiger partial charge in [-0.3, -0.25) is 4.79 Å². The molecule has 104 valence electrons. The first-order chi connectivity index (χ1) is 9.43. The molecule has 6 nitrogen and oxygen atoms in total. The Balaban J connectivity index is 2.60. The Morgan fingerprint density at radius 3 is 2.60 bits per heavy atom. The lowest BCUT2D eigenvalue weighted by Gasteiger charge is -2.08. The Labute approximate surface area is 115 Å². The summed E-state index contributed by atoms with van der Waals surface area (Å²) in [6, 6.07) is 5.37. The number of rotatable bonds is 3. The van der Waals surface area contributed by atoms with Crippen molar-refractivity contribution in [3.63, 3.8) is 0 Å². The molecule has 1 aromatic heterocycles. The Morgan fingerprint density at radius 2 is 2.05 bits per heavy atom. The molecule has 0 aliphatic heterocycles. The lowest BCUT2D eigenvalue weighted by atomic mass is 10.1. The molecule has 0 saturated carbocycles. The van der Waals surface area contributed by atoms with Gasteiger partial charge in [0, 0.05) is 5.56 Å². The van der Waals surface area contributed by atoms with Crippen molar-refractivity contribution in [3.05, 3.63) is 45.4 Å². The molecule has 0 spiro atoms. The number of aromatic nitrogens is 2. The Morgan fingerprint density at radius 1 is 1.35 bits per heavy atom. The quantitative estimate of drug-likeness (QED) is 0.889. The third-order valence-electron chi connectivity index (χ3n) is 3.00. The highest BCUT2D eigenvalue weighted by Gasteiger charge is 2.16. The summed E-state index contributed by atoms with van der Waals surface area (Å²) in [7, 11) is 1.56. The van der Waals surface area contributed by atoms with Crippen LogP contribution in [-0.2, 0) is 0 Å². The number of H-pyrrole nitrogens is 1. The SMILES string of the molecule is COc1cc(-c2nc(C)c(C(=O)O)c(=O)[nH]2)ccc1C. The predicted octanol–water partition coefficient (Wildman–Crippen LogP) is 1.76. The molecule has 6 heteroatoms. The molecular weight excluding hydrogens is 260 g/mol. The third kappa shape index (κ3) is 2.40. The minimum Gasteiger partial charge on any atom is -0.496 e. The fourth-order valence-corrected chi connectivity index (χ4v) is 1.94. The van der Waals surface area contributed by atoms with Gasteiger partial charge in [-0.25, -0.2) is 9.78 Å². The van der Waals surface area contributed by atoms with Gasteiger partial charge < -0.3 is 14.8 Å². The zero-order chi connectivity index (χ0) is 14.9. The predicted molar refractivity (Wildman–Crippen MR) is 73.3 cm³/mol. The summed E-state index contributed by atoms with van der Waals surface area (Å²) >= 11 is 0. The van der Waals surface area contributed by atoms with Crippen LogP contribution in [0.4, 0.5) is 0 Å². The number of nitrogens with one attached hydrogen (secondary N) is 1. The average molecular weight is 274 g/mol. The van der Waals surface area contributed by atoms with E-state index in [2.05, 4.69) is 9.97 Å². The fourth-order valence-electron chi connectivity index (χ4n) is 1.94. The number of methoxy groups -OCH3 is 1. The van der Waals surface area contributed by atoms with Gasteiger partial charge in [-0.2, -0.15) is 0 Å². The molecule has 0 amide bonds. The number of hydrogen-bond donors (Lipinski definition) is 2. The number of aromatic amines is 1. The summed E-state index contributed by atoms with van der Waals surface area (Å²) < 4.78 is 5.22. The van der Waals surface area contributed by atoms with Crippen LogP contribution in [0.5, 0.6) is 5.75 Å². The van der Waals surface area contributed by atoms with E-state index in [0.29, 0.717) is 17.1 Å². The molecule has 1 heterocycles. The molecule has 1 aromatic carbocycles. The molecule has 0 aliphatic carbocycles. The molecule has 0 atom stereocenters. The number of carboxylic acids is 1. The summed E-state index contributed by atoms with van der Waals surface area (Å²) in [5, 5.41) is 8.95. The smallest absolute Gasteiger partial charge is 0.343 e. The largest absolute Gasteiger partial charge is 0.496 e. The van der Waals surface area contributed by atoms with Crippen LogP contribution >= 0.6 is 0 Å². The number of aromatic carboxylic acids is 1. The highest BCUT2D eigenvalue weighted by molar-refractivity contribution is 5.88. The maximum absolute atomic E-state index is 11.8. The van der Waals surface area contributed by atoms with E-state index in [4.69, 9.17) is 9.84 Å². The normalized spacial score (nSPS) is 10.3. The van der Waals surface area contributed by atoms with Crippen molar-refractivity contribution in [2.75, 3.05) is 7.11 Å². The maximum atomic E-state index is 11.8. The van der Waals surface area contributed by atoms with Gasteiger partial charge in [0.1, 0.15) is 17.1 Å². The van der Waals surface area contributed by atoms with Crippen molar-refractivity contribution < 1.29 is 14.6 Å². The summed E-state index contributed by atoms with van der Waals surface area (Å²) in [5.74, 6) is -0.301. The second-order valence-electron chi connectivity index (χ2n) is 4.36. The topological polar surface area (TPSA) is 92.3 Å². The van der Waals surface area contributed by atoms with E-state index in [9.17, 15) is 9.59 Å². The van der Waals surface area contributed by atoms with Crippen LogP contribution in [0.2, 0.25) is 0 Å². The van der Waals surface area contributed by atoms with E-state index >= 15 is 0 Å². The molecule has 20 heavy (non-hydrogen) atoms. The molecule has 0 unspecified atom stereocenters.